The van der Waals surface area contributed by atoms with Gasteiger partial charge in [0, 0.05) is 12.1 Å². The summed E-state index contributed by atoms with van der Waals surface area (Å²) in [7, 11) is 0. The van der Waals surface area contributed by atoms with Crippen molar-refractivity contribution in [3.63, 3.8) is 0 Å². The number of nitrogens with zero attached hydrogens (tertiary/aromatic N) is 2. The van der Waals surface area contributed by atoms with Gasteiger partial charge in [-0.3, -0.25) is 25.3 Å². The number of hydrazine groups is 1. The highest BCUT2D eigenvalue weighted by Crippen LogP contribution is 2.24. The van der Waals surface area contributed by atoms with Crippen molar-refractivity contribution in [2.75, 3.05) is 11.6 Å². The SMILES string of the molecule is O=C1NN(c2ccc([N+](=O)[O-])cc2)CC(Cl)=C1Cl. The normalized spacial score (nSPS) is 15.7. The number of hydrogen-bond acceptors (Lipinski definition) is 4. The number of nitro benzene ring substituents is 1. The number of anilines is 1. The fourth-order valence-electron chi connectivity index (χ4n) is 1.45. The van der Waals surface area contributed by atoms with Gasteiger partial charge in [-0.05, 0) is 12.1 Å². The number of nitrogens with one attached hydrogen (secondary N) is 1. The van der Waals surface area contributed by atoms with Gasteiger partial charge in [0.15, 0.2) is 0 Å². The standard InChI is InChI=1S/C10H7Cl2N3O3/c11-8-5-14(13-10(16)9(8)12)6-1-3-7(4-2-6)15(17)18/h1-4H,5H2,(H,13,16). The van der Waals surface area contributed by atoms with Crippen molar-refractivity contribution in [3.8, 4) is 0 Å². The van der Waals surface area contributed by atoms with Crippen LogP contribution in [0.1, 0.15) is 0 Å². The number of halogens is 2. The summed E-state index contributed by atoms with van der Waals surface area (Å²) in [5, 5.41) is 12.1. The van der Waals surface area contributed by atoms with Gasteiger partial charge in [0.2, 0.25) is 0 Å². The summed E-state index contributed by atoms with van der Waals surface area (Å²) in [6, 6.07) is 5.72. The molecule has 0 aromatic heterocycles. The third kappa shape index (κ3) is 2.39. The van der Waals surface area contributed by atoms with E-state index >= 15 is 0 Å². The van der Waals surface area contributed by atoms with Gasteiger partial charge < -0.3 is 0 Å². The molecule has 0 saturated heterocycles. The summed E-state index contributed by atoms with van der Waals surface area (Å²) < 4.78 is 0. The Balaban J connectivity index is 2.23. The predicted octanol–water partition coefficient (Wildman–Crippen LogP) is 2.14. The fraction of sp³-hybridized carbons (Fsp3) is 0.100. The molecule has 1 aliphatic heterocycles. The summed E-state index contributed by atoms with van der Waals surface area (Å²) in [4.78, 5) is 21.4. The number of hydrogen-bond donors (Lipinski definition) is 1. The zero-order valence-corrected chi connectivity index (χ0v) is 10.4. The van der Waals surface area contributed by atoms with Crippen LogP contribution in [0, 0.1) is 10.1 Å². The molecular formula is C10H7Cl2N3O3. The van der Waals surface area contributed by atoms with E-state index in [2.05, 4.69) is 5.43 Å². The van der Waals surface area contributed by atoms with E-state index in [4.69, 9.17) is 23.2 Å². The van der Waals surface area contributed by atoms with E-state index in [0.29, 0.717) is 5.69 Å². The summed E-state index contributed by atoms with van der Waals surface area (Å²) in [5.74, 6) is -0.508. The quantitative estimate of drug-likeness (QED) is 0.668. The molecule has 0 radical (unpaired) electrons. The molecule has 1 N–H and O–H groups in total. The van der Waals surface area contributed by atoms with Crippen LogP contribution in [-0.4, -0.2) is 17.4 Å². The van der Waals surface area contributed by atoms with Gasteiger partial charge in [-0.1, -0.05) is 23.2 Å². The maximum Gasteiger partial charge on any atom is 0.282 e. The molecule has 0 fully saturated rings. The van der Waals surface area contributed by atoms with Crippen LogP contribution < -0.4 is 10.4 Å². The Labute approximate surface area is 112 Å². The molecule has 0 aliphatic carbocycles. The highest BCUT2D eigenvalue weighted by molar-refractivity contribution is 6.48. The maximum atomic E-state index is 11.4. The first kappa shape index (κ1) is 12.7. The maximum absolute atomic E-state index is 11.4. The van der Waals surface area contributed by atoms with E-state index < -0.39 is 10.8 Å². The fourth-order valence-corrected chi connectivity index (χ4v) is 1.76. The van der Waals surface area contributed by atoms with E-state index in [1.54, 1.807) is 0 Å². The number of non-ortho nitro benzene ring substituents is 1. The Kier molecular flexibility index (Phi) is 3.40. The third-order valence-electron chi connectivity index (χ3n) is 2.34. The average molecular weight is 288 g/mol. The molecule has 1 aromatic carbocycles. The first-order valence-corrected chi connectivity index (χ1v) is 5.62. The first-order chi connectivity index (χ1) is 8.49. The van der Waals surface area contributed by atoms with Gasteiger partial charge >= 0.3 is 0 Å². The average Bonchev–Trinajstić information content (AvgIpc) is 2.35. The molecule has 0 saturated carbocycles. The van der Waals surface area contributed by atoms with Crippen molar-refractivity contribution < 1.29 is 9.72 Å². The van der Waals surface area contributed by atoms with E-state index in [1.807, 2.05) is 0 Å². The molecular weight excluding hydrogens is 281 g/mol. The lowest BCUT2D eigenvalue weighted by atomic mass is 10.2. The number of nitro groups is 1. The van der Waals surface area contributed by atoms with Crippen LogP contribution in [0.3, 0.4) is 0 Å². The van der Waals surface area contributed by atoms with Gasteiger partial charge in [0.05, 0.1) is 22.2 Å². The van der Waals surface area contributed by atoms with Crippen LogP contribution in [0.15, 0.2) is 34.3 Å². The molecule has 0 spiro atoms. The minimum Gasteiger partial charge on any atom is -0.280 e. The lowest BCUT2D eigenvalue weighted by molar-refractivity contribution is -0.384. The van der Waals surface area contributed by atoms with Gasteiger partial charge in [0.25, 0.3) is 11.6 Å². The van der Waals surface area contributed by atoms with Gasteiger partial charge in [-0.15, -0.1) is 0 Å². The van der Waals surface area contributed by atoms with Crippen LogP contribution in [0.5, 0.6) is 0 Å². The molecule has 0 bridgehead atoms. The molecule has 1 aromatic rings. The number of amides is 1. The minimum atomic E-state index is -0.508. The number of benzene rings is 1. The second-order valence-electron chi connectivity index (χ2n) is 3.52. The smallest absolute Gasteiger partial charge is 0.280 e. The lowest BCUT2D eigenvalue weighted by Gasteiger charge is -2.28. The zero-order valence-electron chi connectivity index (χ0n) is 8.89. The molecule has 1 amide bonds. The monoisotopic (exact) mass is 287 g/mol. The van der Waals surface area contributed by atoms with Crippen molar-refractivity contribution in [1.82, 2.24) is 5.43 Å². The number of rotatable bonds is 2. The second-order valence-corrected chi connectivity index (χ2v) is 4.35. The summed E-state index contributed by atoms with van der Waals surface area (Å²) >= 11 is 11.5. The largest absolute Gasteiger partial charge is 0.282 e. The second kappa shape index (κ2) is 4.83. The third-order valence-corrected chi connectivity index (χ3v) is 3.15. The summed E-state index contributed by atoms with van der Waals surface area (Å²) in [6.45, 7) is 0.212. The highest BCUT2D eigenvalue weighted by Gasteiger charge is 2.23. The molecule has 94 valence electrons. The van der Waals surface area contributed by atoms with Crippen molar-refractivity contribution in [2.24, 2.45) is 0 Å². The van der Waals surface area contributed by atoms with E-state index in [0.717, 1.165) is 0 Å². The minimum absolute atomic E-state index is 0.0262. The van der Waals surface area contributed by atoms with Crippen LogP contribution >= 0.6 is 23.2 Å². The van der Waals surface area contributed by atoms with Crippen LogP contribution in [-0.2, 0) is 4.79 Å². The predicted molar refractivity (Wildman–Crippen MR) is 67.3 cm³/mol. The Morgan fingerprint density at radius 2 is 1.89 bits per heavy atom. The molecule has 1 heterocycles. The van der Waals surface area contributed by atoms with E-state index in [9.17, 15) is 14.9 Å². The highest BCUT2D eigenvalue weighted by atomic mass is 35.5. The Morgan fingerprint density at radius 1 is 1.28 bits per heavy atom. The van der Waals surface area contributed by atoms with E-state index in [-0.39, 0.29) is 22.3 Å². The summed E-state index contributed by atoms with van der Waals surface area (Å²) in [6.07, 6.45) is 0. The Morgan fingerprint density at radius 3 is 2.39 bits per heavy atom. The number of carbonyl (C=O) groups is 1. The first-order valence-electron chi connectivity index (χ1n) is 4.86. The molecule has 6 nitrogen and oxygen atoms in total. The van der Waals surface area contributed by atoms with Crippen molar-refractivity contribution in [2.45, 2.75) is 0 Å². The summed E-state index contributed by atoms with van der Waals surface area (Å²) in [5.41, 5.74) is 3.07. The van der Waals surface area contributed by atoms with Gasteiger partial charge in [-0.2, -0.15) is 0 Å². The van der Waals surface area contributed by atoms with Gasteiger partial charge in [-0.25, -0.2) is 0 Å². The molecule has 0 atom stereocenters. The molecule has 0 unspecified atom stereocenters. The van der Waals surface area contributed by atoms with Gasteiger partial charge in [0.1, 0.15) is 5.03 Å². The van der Waals surface area contributed by atoms with E-state index in [1.165, 1.54) is 29.3 Å². The zero-order chi connectivity index (χ0) is 13.3. The van der Waals surface area contributed by atoms with Crippen molar-refractivity contribution >= 4 is 40.5 Å². The van der Waals surface area contributed by atoms with Crippen LogP contribution in [0.25, 0.3) is 0 Å². The topological polar surface area (TPSA) is 75.5 Å². The molecule has 18 heavy (non-hydrogen) atoms. The number of carbonyl (C=O) groups excluding carboxylic acids is 1. The van der Waals surface area contributed by atoms with Crippen LogP contribution in [0.2, 0.25) is 0 Å². The van der Waals surface area contributed by atoms with Crippen molar-refractivity contribution in [1.29, 1.82) is 0 Å². The Hall–Kier alpha value is -1.79. The molecule has 8 heteroatoms. The van der Waals surface area contributed by atoms with Crippen molar-refractivity contribution in [3.05, 3.63) is 44.4 Å². The molecule has 2 rings (SSSR count). The lowest BCUT2D eigenvalue weighted by Crippen LogP contribution is -2.47. The Bertz CT molecular complexity index is 542. The molecule has 1 aliphatic rings. The van der Waals surface area contributed by atoms with Crippen LogP contribution in [0.4, 0.5) is 11.4 Å².